The summed E-state index contributed by atoms with van der Waals surface area (Å²) < 4.78 is 55.6. The van der Waals surface area contributed by atoms with E-state index in [1.807, 2.05) is 0 Å². The van der Waals surface area contributed by atoms with E-state index in [0.29, 0.717) is 16.9 Å². The van der Waals surface area contributed by atoms with Crippen molar-refractivity contribution in [2.45, 2.75) is 12.9 Å². The summed E-state index contributed by atoms with van der Waals surface area (Å²) in [6.45, 7) is -0.188. The lowest BCUT2D eigenvalue weighted by Crippen LogP contribution is -2.43. The lowest BCUT2D eigenvalue weighted by Gasteiger charge is -2.30. The molecule has 0 N–H and O–H groups in total. The van der Waals surface area contributed by atoms with Gasteiger partial charge in [0.25, 0.3) is 11.5 Å². The number of carbonyl (C=O) groups is 1. The number of hydrogen-bond acceptors (Lipinski definition) is 6. The number of benzene rings is 2. The zero-order valence-corrected chi connectivity index (χ0v) is 20.2. The van der Waals surface area contributed by atoms with E-state index < -0.39 is 23.6 Å². The summed E-state index contributed by atoms with van der Waals surface area (Å²) in [5.41, 5.74) is 1.54. The quantitative estimate of drug-likeness (QED) is 0.377. The predicted octanol–water partition coefficient (Wildman–Crippen LogP) is 4.07. The van der Waals surface area contributed by atoms with E-state index in [1.165, 1.54) is 27.8 Å². The van der Waals surface area contributed by atoms with Gasteiger partial charge in [-0.15, -0.1) is 13.2 Å². The second kappa shape index (κ2) is 9.61. The number of methoxy groups -OCH3 is 1. The second-order valence-electron chi connectivity index (χ2n) is 8.46. The van der Waals surface area contributed by atoms with Crippen LogP contribution in [0.1, 0.15) is 5.56 Å². The number of alkyl halides is 3. The van der Waals surface area contributed by atoms with Crippen LogP contribution >= 0.6 is 0 Å². The van der Waals surface area contributed by atoms with Gasteiger partial charge in [-0.1, -0.05) is 12.1 Å². The molecule has 0 saturated carbocycles. The fourth-order valence-electron chi connectivity index (χ4n) is 4.15. The van der Waals surface area contributed by atoms with Crippen molar-refractivity contribution >= 4 is 11.6 Å². The maximum Gasteiger partial charge on any atom is 0.573 e. The molecule has 0 radical (unpaired) electrons. The standard InChI is InChI=1S/C26H21F3N4O5/c1-31-13-17(11-30-31)21-14-32(18-5-9-20(10-6-18)38-26(27,28)29)25(35)23-24(21)37-15-22(34)33(23)12-16-3-7-19(36-2)8-4-16/h3-11,13-14H,12,15H2,1-2H3. The maximum absolute atomic E-state index is 13.8. The summed E-state index contributed by atoms with van der Waals surface area (Å²) >= 11 is 0. The third-order valence-electron chi connectivity index (χ3n) is 5.91. The number of amides is 1. The number of aryl methyl sites for hydroxylation is 1. The van der Waals surface area contributed by atoms with Crippen LogP contribution < -0.4 is 24.7 Å². The van der Waals surface area contributed by atoms with Crippen LogP contribution in [-0.4, -0.2) is 40.3 Å². The zero-order chi connectivity index (χ0) is 27.0. The Hall–Kier alpha value is -4.74. The van der Waals surface area contributed by atoms with Gasteiger partial charge in [0.1, 0.15) is 11.5 Å². The molecular formula is C26H21F3N4O5. The molecular weight excluding hydrogens is 505 g/mol. The molecule has 0 aliphatic carbocycles. The normalized spacial score (nSPS) is 13.2. The molecule has 0 saturated heterocycles. The molecule has 1 amide bonds. The zero-order valence-electron chi connectivity index (χ0n) is 20.2. The number of halogens is 3. The first-order valence-electron chi connectivity index (χ1n) is 11.3. The smallest absolute Gasteiger partial charge is 0.497 e. The average molecular weight is 526 g/mol. The van der Waals surface area contributed by atoms with Crippen LogP contribution in [0.5, 0.6) is 17.2 Å². The Morgan fingerprint density at radius 1 is 1.00 bits per heavy atom. The van der Waals surface area contributed by atoms with Crippen LogP contribution in [0.25, 0.3) is 16.8 Å². The maximum atomic E-state index is 13.8. The minimum absolute atomic E-state index is 0.00837. The molecule has 0 unspecified atom stereocenters. The number of rotatable bonds is 6. The third kappa shape index (κ3) is 4.92. The van der Waals surface area contributed by atoms with E-state index in [9.17, 15) is 22.8 Å². The van der Waals surface area contributed by atoms with Crippen molar-refractivity contribution in [3.05, 3.63) is 83.0 Å². The highest BCUT2D eigenvalue weighted by Crippen LogP contribution is 2.39. The summed E-state index contributed by atoms with van der Waals surface area (Å²) in [6.07, 6.45) is -0.0347. The molecule has 0 spiro atoms. The first-order valence-corrected chi connectivity index (χ1v) is 11.3. The molecule has 196 valence electrons. The van der Waals surface area contributed by atoms with Gasteiger partial charge in [-0.2, -0.15) is 5.10 Å². The summed E-state index contributed by atoms with van der Waals surface area (Å²) in [5, 5.41) is 4.19. The molecule has 2 aromatic heterocycles. The molecule has 0 bridgehead atoms. The van der Waals surface area contributed by atoms with Crippen LogP contribution in [0.4, 0.5) is 18.9 Å². The van der Waals surface area contributed by atoms with Crippen molar-refractivity contribution in [2.75, 3.05) is 18.6 Å². The van der Waals surface area contributed by atoms with E-state index in [0.717, 1.165) is 17.7 Å². The molecule has 9 nitrogen and oxygen atoms in total. The Bertz CT molecular complexity index is 1540. The predicted molar refractivity (Wildman–Crippen MR) is 131 cm³/mol. The second-order valence-corrected chi connectivity index (χ2v) is 8.46. The SMILES string of the molecule is COc1ccc(CN2C(=O)COc3c(-c4cnn(C)c4)cn(-c4ccc(OC(F)(F)F)cc4)c(=O)c32)cc1. The van der Waals surface area contributed by atoms with Crippen molar-refractivity contribution in [1.82, 2.24) is 14.3 Å². The van der Waals surface area contributed by atoms with Crippen LogP contribution in [0.3, 0.4) is 0 Å². The Labute approximate surface area is 214 Å². The highest BCUT2D eigenvalue weighted by molar-refractivity contribution is 5.99. The molecule has 3 heterocycles. The fourth-order valence-corrected chi connectivity index (χ4v) is 4.15. The Balaban J connectivity index is 1.65. The molecule has 38 heavy (non-hydrogen) atoms. The molecule has 1 aliphatic heterocycles. The van der Waals surface area contributed by atoms with Crippen molar-refractivity contribution in [3.8, 4) is 34.1 Å². The molecule has 1 aliphatic rings. The number of nitrogens with zero attached hydrogens (tertiary/aromatic N) is 4. The monoisotopic (exact) mass is 526 g/mol. The summed E-state index contributed by atoms with van der Waals surface area (Å²) in [5.74, 6) is -0.000347. The van der Waals surface area contributed by atoms with Gasteiger partial charge >= 0.3 is 6.36 Å². The number of aromatic nitrogens is 3. The van der Waals surface area contributed by atoms with Crippen LogP contribution in [-0.2, 0) is 18.4 Å². The number of ether oxygens (including phenoxy) is 3. The van der Waals surface area contributed by atoms with Gasteiger partial charge in [-0.05, 0) is 42.0 Å². The lowest BCUT2D eigenvalue weighted by atomic mass is 10.1. The summed E-state index contributed by atoms with van der Waals surface area (Å²) in [4.78, 5) is 28.2. The molecule has 2 aromatic carbocycles. The van der Waals surface area contributed by atoms with Gasteiger partial charge < -0.3 is 14.2 Å². The lowest BCUT2D eigenvalue weighted by molar-refractivity contribution is -0.274. The highest BCUT2D eigenvalue weighted by atomic mass is 19.4. The van der Waals surface area contributed by atoms with E-state index in [2.05, 4.69) is 9.84 Å². The highest BCUT2D eigenvalue weighted by Gasteiger charge is 2.33. The van der Waals surface area contributed by atoms with Crippen LogP contribution in [0, 0.1) is 0 Å². The number of fused-ring (bicyclic) bond motifs is 1. The van der Waals surface area contributed by atoms with E-state index in [1.54, 1.807) is 55.5 Å². The summed E-state index contributed by atoms with van der Waals surface area (Å²) in [6, 6.07) is 11.9. The van der Waals surface area contributed by atoms with Gasteiger partial charge in [0.05, 0.1) is 19.9 Å². The summed E-state index contributed by atoms with van der Waals surface area (Å²) in [7, 11) is 3.27. The minimum atomic E-state index is -4.85. The van der Waals surface area contributed by atoms with Crippen molar-refractivity contribution in [3.63, 3.8) is 0 Å². The Morgan fingerprint density at radius 3 is 2.29 bits per heavy atom. The average Bonchev–Trinajstić information content (AvgIpc) is 3.32. The largest absolute Gasteiger partial charge is 0.573 e. The first-order chi connectivity index (χ1) is 18.1. The number of carbonyl (C=O) groups excluding carboxylic acids is 1. The molecule has 0 atom stereocenters. The minimum Gasteiger partial charge on any atom is -0.497 e. The van der Waals surface area contributed by atoms with Crippen LogP contribution in [0.15, 0.2) is 71.9 Å². The van der Waals surface area contributed by atoms with Crippen molar-refractivity contribution in [1.29, 1.82) is 0 Å². The number of hydrogen-bond donors (Lipinski definition) is 0. The van der Waals surface area contributed by atoms with E-state index in [4.69, 9.17) is 9.47 Å². The van der Waals surface area contributed by atoms with Crippen molar-refractivity contribution < 1.29 is 32.2 Å². The van der Waals surface area contributed by atoms with Crippen molar-refractivity contribution in [2.24, 2.45) is 7.05 Å². The molecule has 12 heteroatoms. The Morgan fingerprint density at radius 2 is 1.68 bits per heavy atom. The fraction of sp³-hybridized carbons (Fsp3) is 0.192. The van der Waals surface area contributed by atoms with E-state index in [-0.39, 0.29) is 30.3 Å². The third-order valence-corrected chi connectivity index (χ3v) is 5.91. The Kier molecular flexibility index (Phi) is 6.31. The van der Waals surface area contributed by atoms with Gasteiger partial charge in [0.15, 0.2) is 18.0 Å². The van der Waals surface area contributed by atoms with Gasteiger partial charge in [-0.25, -0.2) is 0 Å². The van der Waals surface area contributed by atoms with Gasteiger partial charge in [0.2, 0.25) is 0 Å². The number of pyridine rings is 1. The van der Waals surface area contributed by atoms with Crippen LogP contribution in [0.2, 0.25) is 0 Å². The molecule has 4 aromatic rings. The first kappa shape index (κ1) is 24.9. The number of anilines is 1. The van der Waals surface area contributed by atoms with Gasteiger partial charge in [0, 0.05) is 36.3 Å². The van der Waals surface area contributed by atoms with E-state index >= 15 is 0 Å². The van der Waals surface area contributed by atoms with Gasteiger partial charge in [-0.3, -0.25) is 23.7 Å². The molecule has 0 fully saturated rings. The topological polar surface area (TPSA) is 87.8 Å². The molecule has 5 rings (SSSR count).